The molecule has 0 amide bonds. The molecular weight excluding hydrogens is 258 g/mol. The standard InChI is InChI=1S/C15H27NO4/c1-9(2)11-6-5-10(3)7-12(11)19-15(17)14-16-8-13(18-4)20-14/h9-14,16H,5-8H2,1-4H3/t10-,11+,12-,13-,14+/m1/s1. The number of hydrogen-bond acceptors (Lipinski definition) is 5. The van der Waals surface area contributed by atoms with Crippen molar-refractivity contribution in [1.29, 1.82) is 0 Å². The van der Waals surface area contributed by atoms with Gasteiger partial charge in [0.15, 0.2) is 6.29 Å². The number of ether oxygens (including phenoxy) is 3. The Morgan fingerprint density at radius 1 is 1.35 bits per heavy atom. The van der Waals surface area contributed by atoms with Gasteiger partial charge < -0.3 is 14.2 Å². The highest BCUT2D eigenvalue weighted by atomic mass is 16.7. The monoisotopic (exact) mass is 285 g/mol. The molecule has 2 aliphatic rings. The summed E-state index contributed by atoms with van der Waals surface area (Å²) in [5.74, 6) is 1.29. The number of nitrogens with one attached hydrogen (secondary N) is 1. The normalized spacial score (nSPS) is 38.1. The van der Waals surface area contributed by atoms with Gasteiger partial charge in [0.1, 0.15) is 6.10 Å². The maximum absolute atomic E-state index is 12.2. The molecule has 2 fully saturated rings. The molecule has 20 heavy (non-hydrogen) atoms. The minimum Gasteiger partial charge on any atom is -0.459 e. The number of rotatable bonds is 4. The van der Waals surface area contributed by atoms with Gasteiger partial charge in [0.05, 0.1) is 0 Å². The number of hydrogen-bond donors (Lipinski definition) is 1. The maximum Gasteiger partial charge on any atom is 0.350 e. The Bertz CT molecular complexity index is 334. The molecule has 1 aliphatic carbocycles. The molecule has 0 spiro atoms. The Balaban J connectivity index is 1.91. The molecule has 1 saturated heterocycles. The third-order valence-electron chi connectivity index (χ3n) is 4.46. The van der Waals surface area contributed by atoms with Gasteiger partial charge in [-0.3, -0.25) is 5.32 Å². The lowest BCUT2D eigenvalue weighted by molar-refractivity contribution is -0.179. The van der Waals surface area contributed by atoms with E-state index in [1.165, 1.54) is 6.42 Å². The van der Waals surface area contributed by atoms with E-state index in [2.05, 4.69) is 26.1 Å². The highest BCUT2D eigenvalue weighted by Crippen LogP contribution is 2.35. The molecule has 116 valence electrons. The van der Waals surface area contributed by atoms with Crippen molar-refractivity contribution >= 4 is 5.97 Å². The third-order valence-corrected chi connectivity index (χ3v) is 4.46. The Hall–Kier alpha value is -0.650. The fourth-order valence-electron chi connectivity index (χ4n) is 3.19. The molecule has 5 heteroatoms. The van der Waals surface area contributed by atoms with E-state index >= 15 is 0 Å². The summed E-state index contributed by atoms with van der Waals surface area (Å²) >= 11 is 0. The molecule has 1 N–H and O–H groups in total. The van der Waals surface area contributed by atoms with Gasteiger partial charge in [-0.1, -0.05) is 27.2 Å². The number of carbonyl (C=O) groups is 1. The topological polar surface area (TPSA) is 56.8 Å². The molecule has 1 aliphatic heterocycles. The van der Waals surface area contributed by atoms with Crippen LogP contribution in [0, 0.1) is 17.8 Å². The maximum atomic E-state index is 12.2. The molecule has 5 nitrogen and oxygen atoms in total. The first kappa shape index (κ1) is 15.7. The number of methoxy groups -OCH3 is 1. The van der Waals surface area contributed by atoms with E-state index in [1.807, 2.05) is 0 Å². The van der Waals surface area contributed by atoms with E-state index < -0.39 is 6.23 Å². The average Bonchev–Trinajstić information content (AvgIpc) is 2.87. The van der Waals surface area contributed by atoms with E-state index in [-0.39, 0.29) is 18.4 Å². The lowest BCUT2D eigenvalue weighted by Gasteiger charge is -2.37. The van der Waals surface area contributed by atoms with Crippen molar-refractivity contribution in [3.8, 4) is 0 Å². The summed E-state index contributed by atoms with van der Waals surface area (Å²) in [5, 5.41) is 2.98. The smallest absolute Gasteiger partial charge is 0.350 e. The largest absolute Gasteiger partial charge is 0.459 e. The molecular formula is C15H27NO4. The van der Waals surface area contributed by atoms with Gasteiger partial charge >= 0.3 is 5.97 Å². The lowest BCUT2D eigenvalue weighted by atomic mass is 9.75. The Labute approximate surface area is 121 Å². The van der Waals surface area contributed by atoms with Crippen molar-refractivity contribution in [1.82, 2.24) is 5.32 Å². The Morgan fingerprint density at radius 3 is 2.70 bits per heavy atom. The van der Waals surface area contributed by atoms with Gasteiger partial charge in [-0.25, -0.2) is 4.79 Å². The first-order valence-corrected chi connectivity index (χ1v) is 7.63. The van der Waals surface area contributed by atoms with Gasteiger partial charge in [0, 0.05) is 13.7 Å². The van der Waals surface area contributed by atoms with Crippen LogP contribution in [0.25, 0.3) is 0 Å². The van der Waals surface area contributed by atoms with E-state index in [0.29, 0.717) is 24.3 Å². The van der Waals surface area contributed by atoms with Crippen molar-refractivity contribution in [3.63, 3.8) is 0 Å². The predicted octanol–water partition coefficient (Wildman–Crippen LogP) is 1.91. The fourth-order valence-corrected chi connectivity index (χ4v) is 3.19. The summed E-state index contributed by atoms with van der Waals surface area (Å²) in [6, 6.07) is 0. The van der Waals surface area contributed by atoms with Crippen molar-refractivity contribution in [2.75, 3.05) is 13.7 Å². The van der Waals surface area contributed by atoms with E-state index in [0.717, 1.165) is 12.8 Å². The predicted molar refractivity (Wildman–Crippen MR) is 74.9 cm³/mol. The highest BCUT2D eigenvalue weighted by Gasteiger charge is 2.37. The molecule has 1 heterocycles. The van der Waals surface area contributed by atoms with Gasteiger partial charge in [-0.05, 0) is 30.6 Å². The summed E-state index contributed by atoms with van der Waals surface area (Å²) < 4.78 is 16.2. The zero-order chi connectivity index (χ0) is 14.7. The average molecular weight is 285 g/mol. The van der Waals surface area contributed by atoms with Gasteiger partial charge in [0.25, 0.3) is 0 Å². The number of carbonyl (C=O) groups excluding carboxylic acids is 1. The lowest BCUT2D eigenvalue weighted by Crippen LogP contribution is -2.41. The fraction of sp³-hybridized carbons (Fsp3) is 0.933. The number of esters is 1. The second-order valence-corrected chi connectivity index (χ2v) is 6.39. The van der Waals surface area contributed by atoms with Crippen LogP contribution < -0.4 is 5.32 Å². The summed E-state index contributed by atoms with van der Waals surface area (Å²) in [5.41, 5.74) is 0. The summed E-state index contributed by atoms with van der Waals surface area (Å²) in [6.07, 6.45) is 2.27. The van der Waals surface area contributed by atoms with Gasteiger partial charge in [-0.2, -0.15) is 0 Å². The van der Waals surface area contributed by atoms with E-state index in [4.69, 9.17) is 14.2 Å². The molecule has 2 rings (SSSR count). The van der Waals surface area contributed by atoms with E-state index in [1.54, 1.807) is 7.11 Å². The third kappa shape index (κ3) is 3.71. The first-order chi connectivity index (χ1) is 9.51. The zero-order valence-electron chi connectivity index (χ0n) is 12.9. The van der Waals surface area contributed by atoms with Crippen LogP contribution in [0.4, 0.5) is 0 Å². The summed E-state index contributed by atoms with van der Waals surface area (Å²) in [4.78, 5) is 12.2. The molecule has 1 saturated carbocycles. The van der Waals surface area contributed by atoms with Crippen LogP contribution in [0.2, 0.25) is 0 Å². The molecule has 0 aromatic carbocycles. The SMILES string of the molecule is CO[C@H]1CN[C@H](C(=O)O[C@@H]2C[C@H](C)CC[C@H]2C(C)C)O1. The molecule has 5 atom stereocenters. The highest BCUT2D eigenvalue weighted by molar-refractivity contribution is 5.74. The minimum absolute atomic E-state index is 0.0123. The molecule has 0 aromatic rings. The second kappa shape index (κ2) is 6.87. The van der Waals surface area contributed by atoms with Crippen LogP contribution in [0.5, 0.6) is 0 Å². The Kier molecular flexibility index (Phi) is 5.41. The van der Waals surface area contributed by atoms with Crippen LogP contribution in [0.15, 0.2) is 0 Å². The van der Waals surface area contributed by atoms with Crippen molar-refractivity contribution in [3.05, 3.63) is 0 Å². The molecule has 0 radical (unpaired) electrons. The van der Waals surface area contributed by atoms with E-state index in [9.17, 15) is 4.79 Å². The van der Waals surface area contributed by atoms with Gasteiger partial charge in [0.2, 0.25) is 6.23 Å². The first-order valence-electron chi connectivity index (χ1n) is 7.63. The summed E-state index contributed by atoms with van der Waals surface area (Å²) in [7, 11) is 1.57. The van der Waals surface area contributed by atoms with Crippen LogP contribution in [0.3, 0.4) is 0 Å². The minimum atomic E-state index is -0.690. The summed E-state index contributed by atoms with van der Waals surface area (Å²) in [6.45, 7) is 7.15. The van der Waals surface area contributed by atoms with Crippen molar-refractivity contribution < 1.29 is 19.0 Å². The van der Waals surface area contributed by atoms with Crippen molar-refractivity contribution in [2.45, 2.75) is 58.7 Å². The quantitative estimate of drug-likeness (QED) is 0.800. The second-order valence-electron chi connectivity index (χ2n) is 6.39. The van der Waals surface area contributed by atoms with Crippen LogP contribution in [-0.2, 0) is 19.0 Å². The van der Waals surface area contributed by atoms with Crippen LogP contribution in [0.1, 0.15) is 40.0 Å². The molecule has 0 aromatic heterocycles. The molecule has 0 unspecified atom stereocenters. The van der Waals surface area contributed by atoms with Gasteiger partial charge in [-0.15, -0.1) is 0 Å². The van der Waals surface area contributed by atoms with Crippen LogP contribution in [-0.4, -0.2) is 38.2 Å². The Morgan fingerprint density at radius 2 is 2.10 bits per heavy atom. The van der Waals surface area contributed by atoms with Crippen molar-refractivity contribution in [2.24, 2.45) is 17.8 Å². The zero-order valence-corrected chi connectivity index (χ0v) is 12.9. The molecule has 0 bridgehead atoms. The van der Waals surface area contributed by atoms with Crippen LogP contribution >= 0.6 is 0 Å².